The van der Waals surface area contributed by atoms with Gasteiger partial charge in [-0.1, -0.05) is 0 Å². The highest BCUT2D eigenvalue weighted by Gasteiger charge is 2.11. The van der Waals surface area contributed by atoms with Gasteiger partial charge in [-0.05, 0) is 19.9 Å². The molecule has 0 saturated heterocycles. The summed E-state index contributed by atoms with van der Waals surface area (Å²) in [6, 6.07) is 3.52. The van der Waals surface area contributed by atoms with Gasteiger partial charge >= 0.3 is 0 Å². The molecule has 0 bridgehead atoms. The van der Waals surface area contributed by atoms with E-state index < -0.39 is 0 Å². The molecule has 1 aromatic heterocycles. The monoisotopic (exact) mass is 167 g/mol. The van der Waals surface area contributed by atoms with Crippen LogP contribution in [0, 0.1) is 0 Å². The van der Waals surface area contributed by atoms with E-state index in [1.807, 2.05) is 13.8 Å². The van der Waals surface area contributed by atoms with Crippen LogP contribution in [0.15, 0.2) is 18.3 Å². The Labute approximate surface area is 71.8 Å². The van der Waals surface area contributed by atoms with Crippen molar-refractivity contribution in [2.24, 2.45) is 5.73 Å². The van der Waals surface area contributed by atoms with Crippen molar-refractivity contribution in [1.29, 1.82) is 0 Å². The van der Waals surface area contributed by atoms with Crippen LogP contribution in [0.25, 0.3) is 0 Å². The van der Waals surface area contributed by atoms with Crippen molar-refractivity contribution in [3.63, 3.8) is 0 Å². The van der Waals surface area contributed by atoms with Crippen molar-refractivity contribution in [2.45, 2.75) is 19.4 Å². The fraction of sp³-hybridized carbons (Fsp3) is 0.500. The first kappa shape index (κ1) is 8.93. The summed E-state index contributed by atoms with van der Waals surface area (Å²) in [7, 11) is 0. The Bertz CT molecular complexity index is 230. The molecule has 0 aliphatic carbocycles. The maximum atomic E-state index is 5.71. The third-order valence-corrected chi connectivity index (χ3v) is 1.14. The highest BCUT2D eigenvalue weighted by atomic mass is 16.5. The van der Waals surface area contributed by atoms with Gasteiger partial charge in [-0.3, -0.25) is 0 Å². The van der Waals surface area contributed by atoms with Crippen LogP contribution in [0.3, 0.4) is 0 Å². The number of aromatic nitrogens is 2. The molecular formula is C8H13N3O. The molecule has 0 unspecified atom stereocenters. The Kier molecular flexibility index (Phi) is 2.60. The maximum absolute atomic E-state index is 5.71. The molecule has 1 heterocycles. The average Bonchev–Trinajstić information content (AvgIpc) is 2.02. The van der Waals surface area contributed by atoms with Crippen molar-refractivity contribution in [2.75, 3.05) is 6.61 Å². The summed E-state index contributed by atoms with van der Waals surface area (Å²) in [5.74, 6) is 0.510. The second-order valence-corrected chi connectivity index (χ2v) is 3.34. The van der Waals surface area contributed by atoms with Crippen LogP contribution in [-0.2, 0) is 0 Å². The van der Waals surface area contributed by atoms with Gasteiger partial charge in [0.25, 0.3) is 0 Å². The fourth-order valence-electron chi connectivity index (χ4n) is 0.624. The Morgan fingerprint density at radius 3 is 2.83 bits per heavy atom. The molecular weight excluding hydrogens is 154 g/mol. The lowest BCUT2D eigenvalue weighted by molar-refractivity contribution is 0.233. The maximum Gasteiger partial charge on any atom is 0.233 e. The summed E-state index contributed by atoms with van der Waals surface area (Å²) in [4.78, 5) is 0. The van der Waals surface area contributed by atoms with Crippen LogP contribution >= 0.6 is 0 Å². The predicted molar refractivity (Wildman–Crippen MR) is 45.8 cm³/mol. The molecule has 0 aromatic carbocycles. The van der Waals surface area contributed by atoms with Crippen LogP contribution in [0.5, 0.6) is 5.88 Å². The fourth-order valence-corrected chi connectivity index (χ4v) is 0.624. The number of hydrogen-bond acceptors (Lipinski definition) is 4. The van der Waals surface area contributed by atoms with E-state index in [2.05, 4.69) is 10.2 Å². The summed E-state index contributed by atoms with van der Waals surface area (Å²) in [6.07, 6.45) is 1.60. The normalized spacial score (nSPS) is 11.2. The van der Waals surface area contributed by atoms with Gasteiger partial charge < -0.3 is 10.5 Å². The van der Waals surface area contributed by atoms with Crippen molar-refractivity contribution in [3.05, 3.63) is 18.3 Å². The molecule has 4 nitrogen and oxygen atoms in total. The van der Waals surface area contributed by atoms with E-state index in [1.165, 1.54) is 0 Å². The molecule has 1 aromatic rings. The quantitative estimate of drug-likeness (QED) is 0.715. The van der Waals surface area contributed by atoms with Crippen molar-refractivity contribution >= 4 is 0 Å². The molecule has 12 heavy (non-hydrogen) atoms. The topological polar surface area (TPSA) is 61.0 Å². The molecule has 0 spiro atoms. The van der Waals surface area contributed by atoms with Crippen LogP contribution < -0.4 is 10.5 Å². The molecule has 0 aliphatic rings. The summed E-state index contributed by atoms with van der Waals surface area (Å²) >= 11 is 0. The molecule has 0 atom stereocenters. The van der Waals surface area contributed by atoms with Crippen LogP contribution in [0.4, 0.5) is 0 Å². The van der Waals surface area contributed by atoms with Crippen molar-refractivity contribution in [1.82, 2.24) is 10.2 Å². The number of ether oxygens (including phenoxy) is 1. The SMILES string of the molecule is CC(C)(N)COc1cccnn1. The van der Waals surface area contributed by atoms with E-state index in [9.17, 15) is 0 Å². The predicted octanol–water partition coefficient (Wildman–Crippen LogP) is 0.593. The van der Waals surface area contributed by atoms with E-state index in [4.69, 9.17) is 10.5 Å². The molecule has 66 valence electrons. The van der Waals surface area contributed by atoms with Crippen molar-refractivity contribution in [3.8, 4) is 5.88 Å². The highest BCUT2D eigenvalue weighted by Crippen LogP contribution is 2.04. The Morgan fingerprint density at radius 2 is 2.33 bits per heavy atom. The number of nitrogens with two attached hydrogens (primary N) is 1. The van der Waals surface area contributed by atoms with Gasteiger partial charge in [-0.25, -0.2) is 0 Å². The highest BCUT2D eigenvalue weighted by molar-refractivity contribution is 5.05. The van der Waals surface area contributed by atoms with Crippen LogP contribution in [-0.4, -0.2) is 22.3 Å². The van der Waals surface area contributed by atoms with Gasteiger partial charge in [-0.2, -0.15) is 5.10 Å². The summed E-state index contributed by atoms with van der Waals surface area (Å²) in [5.41, 5.74) is 5.37. The van der Waals surface area contributed by atoms with Gasteiger partial charge in [0.15, 0.2) is 0 Å². The van der Waals surface area contributed by atoms with E-state index >= 15 is 0 Å². The Morgan fingerprint density at radius 1 is 1.58 bits per heavy atom. The minimum Gasteiger partial charge on any atom is -0.475 e. The number of hydrogen-bond donors (Lipinski definition) is 1. The van der Waals surface area contributed by atoms with Gasteiger partial charge in [-0.15, -0.1) is 5.10 Å². The number of nitrogens with zero attached hydrogens (tertiary/aromatic N) is 2. The van der Waals surface area contributed by atoms with Gasteiger partial charge in [0.05, 0.1) is 0 Å². The molecule has 4 heteroatoms. The third-order valence-electron chi connectivity index (χ3n) is 1.14. The summed E-state index contributed by atoms with van der Waals surface area (Å²) in [5, 5.41) is 7.42. The smallest absolute Gasteiger partial charge is 0.233 e. The first-order valence-electron chi connectivity index (χ1n) is 3.77. The summed E-state index contributed by atoms with van der Waals surface area (Å²) in [6.45, 7) is 4.22. The standard InChI is InChI=1S/C8H13N3O/c1-8(2,9)6-12-7-4-3-5-10-11-7/h3-5H,6,9H2,1-2H3. The lowest BCUT2D eigenvalue weighted by Crippen LogP contribution is -2.38. The van der Waals surface area contributed by atoms with E-state index in [1.54, 1.807) is 18.3 Å². The largest absolute Gasteiger partial charge is 0.475 e. The molecule has 0 aliphatic heterocycles. The van der Waals surface area contributed by atoms with E-state index in [0.717, 1.165) is 0 Å². The molecule has 2 N–H and O–H groups in total. The van der Waals surface area contributed by atoms with Gasteiger partial charge in [0.2, 0.25) is 5.88 Å². The second-order valence-electron chi connectivity index (χ2n) is 3.34. The average molecular weight is 167 g/mol. The lowest BCUT2D eigenvalue weighted by atomic mass is 10.1. The zero-order valence-corrected chi connectivity index (χ0v) is 7.32. The molecule has 1 rings (SSSR count). The second kappa shape index (κ2) is 3.49. The first-order valence-corrected chi connectivity index (χ1v) is 3.77. The zero-order chi connectivity index (χ0) is 9.03. The summed E-state index contributed by atoms with van der Waals surface area (Å²) < 4.78 is 5.27. The third kappa shape index (κ3) is 3.30. The minimum absolute atomic E-state index is 0.336. The molecule has 0 radical (unpaired) electrons. The minimum atomic E-state index is -0.336. The van der Waals surface area contributed by atoms with Crippen molar-refractivity contribution < 1.29 is 4.74 Å². The van der Waals surface area contributed by atoms with E-state index in [0.29, 0.717) is 12.5 Å². The first-order chi connectivity index (χ1) is 5.58. The van der Waals surface area contributed by atoms with Crippen LogP contribution in [0.2, 0.25) is 0 Å². The molecule has 0 saturated carbocycles. The van der Waals surface area contributed by atoms with Gasteiger partial charge in [0.1, 0.15) is 6.61 Å². The lowest BCUT2D eigenvalue weighted by Gasteiger charge is -2.17. The Hall–Kier alpha value is -1.16. The zero-order valence-electron chi connectivity index (χ0n) is 7.32. The van der Waals surface area contributed by atoms with Crippen LogP contribution in [0.1, 0.15) is 13.8 Å². The Balaban J connectivity index is 2.44. The number of rotatable bonds is 3. The van der Waals surface area contributed by atoms with Gasteiger partial charge in [0, 0.05) is 17.8 Å². The molecule has 0 fully saturated rings. The van der Waals surface area contributed by atoms with E-state index in [-0.39, 0.29) is 5.54 Å². The molecule has 0 amide bonds.